The van der Waals surface area contributed by atoms with Crippen molar-refractivity contribution < 1.29 is 9.59 Å². The smallest absolute Gasteiger partial charge is 0.226 e. The molecule has 5 fully saturated rings. The highest BCUT2D eigenvalue weighted by atomic mass is 16.2. The fraction of sp³-hybridized carbons (Fsp3) is 0.900. The van der Waals surface area contributed by atoms with E-state index >= 15 is 0 Å². The normalized spacial score (nSPS) is 36.7. The van der Waals surface area contributed by atoms with E-state index in [9.17, 15) is 9.59 Å². The molecule has 0 aromatic rings. The number of rotatable bonds is 2. The fourth-order valence-corrected chi connectivity index (χ4v) is 5.81. The Morgan fingerprint density at radius 1 is 0.542 bits per heavy atom. The Morgan fingerprint density at radius 2 is 0.875 bits per heavy atom. The van der Waals surface area contributed by atoms with Crippen molar-refractivity contribution in [3.8, 4) is 0 Å². The summed E-state index contributed by atoms with van der Waals surface area (Å²) >= 11 is 0. The Bertz CT molecular complexity index is 428. The molecule has 0 aromatic carbocycles. The van der Waals surface area contributed by atoms with Crippen LogP contribution in [0.2, 0.25) is 0 Å². The first kappa shape index (κ1) is 16.4. The molecule has 0 N–H and O–H groups in total. The number of amides is 2. The minimum Gasteiger partial charge on any atom is -0.342 e. The number of likely N-dealkylation sites (tertiary alicyclic amines) is 2. The van der Waals surface area contributed by atoms with E-state index in [-0.39, 0.29) is 11.8 Å². The van der Waals surface area contributed by atoms with Gasteiger partial charge in [0.05, 0.1) is 11.8 Å². The number of hydrogen-bond donors (Lipinski definition) is 0. The Labute approximate surface area is 145 Å². The molecule has 2 aliphatic heterocycles. The van der Waals surface area contributed by atoms with Gasteiger partial charge in [-0.2, -0.15) is 0 Å². The molecule has 24 heavy (non-hydrogen) atoms. The summed E-state index contributed by atoms with van der Waals surface area (Å²) in [5, 5.41) is 0. The maximum Gasteiger partial charge on any atom is 0.226 e. The molecule has 2 bridgehead atoms. The lowest BCUT2D eigenvalue weighted by atomic mass is 9.57. The first-order valence-electron chi connectivity index (χ1n) is 10.3. The molecule has 4 heteroatoms. The Kier molecular flexibility index (Phi) is 4.82. The molecule has 2 atom stereocenters. The van der Waals surface area contributed by atoms with E-state index in [0.717, 1.165) is 51.9 Å². The Morgan fingerprint density at radius 3 is 1.21 bits per heavy atom. The van der Waals surface area contributed by atoms with Crippen LogP contribution >= 0.6 is 0 Å². The van der Waals surface area contributed by atoms with Gasteiger partial charge in [-0.1, -0.05) is 0 Å². The van der Waals surface area contributed by atoms with Crippen LogP contribution < -0.4 is 0 Å². The summed E-state index contributed by atoms with van der Waals surface area (Å²) in [5.41, 5.74) is 0. The van der Waals surface area contributed by atoms with E-state index in [1.165, 1.54) is 38.5 Å². The second-order valence-electron chi connectivity index (χ2n) is 8.50. The van der Waals surface area contributed by atoms with Gasteiger partial charge in [0.1, 0.15) is 0 Å². The van der Waals surface area contributed by atoms with Crippen molar-refractivity contribution in [1.29, 1.82) is 0 Å². The Balaban J connectivity index is 1.54. The van der Waals surface area contributed by atoms with Gasteiger partial charge in [-0.3, -0.25) is 9.59 Å². The lowest BCUT2D eigenvalue weighted by molar-refractivity contribution is -0.159. The third kappa shape index (κ3) is 2.97. The monoisotopic (exact) mass is 332 g/mol. The fourth-order valence-electron chi connectivity index (χ4n) is 5.81. The molecular weight excluding hydrogens is 300 g/mol. The van der Waals surface area contributed by atoms with Crippen LogP contribution in [-0.2, 0) is 9.59 Å². The second-order valence-corrected chi connectivity index (χ2v) is 8.50. The summed E-state index contributed by atoms with van der Waals surface area (Å²) in [6.07, 6.45) is 11.7. The molecule has 0 radical (unpaired) electrons. The zero-order chi connectivity index (χ0) is 16.5. The maximum atomic E-state index is 13.3. The highest BCUT2D eigenvalue weighted by Crippen LogP contribution is 2.50. The molecule has 5 aliphatic rings. The van der Waals surface area contributed by atoms with Crippen LogP contribution in [-0.4, -0.2) is 47.8 Å². The molecule has 2 saturated heterocycles. The van der Waals surface area contributed by atoms with E-state index in [2.05, 4.69) is 9.80 Å². The van der Waals surface area contributed by atoms with E-state index in [4.69, 9.17) is 0 Å². The van der Waals surface area contributed by atoms with Crippen LogP contribution in [0.4, 0.5) is 0 Å². The van der Waals surface area contributed by atoms with Crippen molar-refractivity contribution in [2.75, 3.05) is 26.2 Å². The van der Waals surface area contributed by atoms with Gasteiger partial charge in [0, 0.05) is 26.2 Å². The van der Waals surface area contributed by atoms with E-state index in [1.807, 2.05) is 0 Å². The highest BCUT2D eigenvalue weighted by molar-refractivity contribution is 5.89. The molecule has 3 saturated carbocycles. The highest BCUT2D eigenvalue weighted by Gasteiger charge is 2.52. The van der Waals surface area contributed by atoms with Gasteiger partial charge >= 0.3 is 0 Å². The summed E-state index contributed by atoms with van der Waals surface area (Å²) in [4.78, 5) is 30.8. The van der Waals surface area contributed by atoms with Crippen LogP contribution in [0.25, 0.3) is 0 Å². The van der Waals surface area contributed by atoms with Crippen molar-refractivity contribution >= 4 is 11.8 Å². The van der Waals surface area contributed by atoms with Crippen LogP contribution in [0.3, 0.4) is 0 Å². The lowest BCUT2D eigenvalue weighted by Crippen LogP contribution is -2.55. The second kappa shape index (κ2) is 7.05. The van der Waals surface area contributed by atoms with Gasteiger partial charge in [-0.15, -0.1) is 0 Å². The minimum atomic E-state index is -0.00923. The van der Waals surface area contributed by atoms with Crippen molar-refractivity contribution in [2.45, 2.75) is 64.2 Å². The van der Waals surface area contributed by atoms with Gasteiger partial charge in [0.15, 0.2) is 0 Å². The predicted octanol–water partition coefficient (Wildman–Crippen LogP) is 3.06. The van der Waals surface area contributed by atoms with Gasteiger partial charge in [0.2, 0.25) is 11.8 Å². The summed E-state index contributed by atoms with van der Waals surface area (Å²) in [5.74, 6) is 1.54. The topological polar surface area (TPSA) is 40.6 Å². The van der Waals surface area contributed by atoms with Crippen LogP contribution in [0.15, 0.2) is 0 Å². The number of carbonyl (C=O) groups is 2. The molecule has 5 rings (SSSR count). The molecular formula is C20H32N2O2. The molecule has 4 nitrogen and oxygen atoms in total. The van der Waals surface area contributed by atoms with E-state index in [1.54, 1.807) is 0 Å². The van der Waals surface area contributed by atoms with Crippen molar-refractivity contribution in [2.24, 2.45) is 23.7 Å². The van der Waals surface area contributed by atoms with E-state index < -0.39 is 0 Å². The minimum absolute atomic E-state index is 0.00923. The van der Waals surface area contributed by atoms with Crippen LogP contribution in [0, 0.1) is 23.7 Å². The standard InChI is InChI=1S/C20H32N2O2/c23-19(21-11-3-1-4-12-21)17-15-7-9-16(10-8-15)18(17)20(24)22-13-5-2-6-14-22/h15-18H,1-14H2/t15?,16?,17-,18+. The lowest BCUT2D eigenvalue weighted by Gasteiger charge is -2.49. The molecule has 0 spiro atoms. The molecule has 3 aliphatic carbocycles. The third-order valence-corrected chi connectivity index (χ3v) is 7.12. The average molecular weight is 332 g/mol. The SMILES string of the molecule is O=C([C@@H]1C2CCC(CC2)[C@@H]1C(=O)N1CCCCC1)N1CCCCC1. The molecule has 2 amide bonds. The van der Waals surface area contributed by atoms with Gasteiger partial charge < -0.3 is 9.80 Å². The number of piperidine rings is 2. The summed E-state index contributed by atoms with van der Waals surface area (Å²) < 4.78 is 0. The average Bonchev–Trinajstić information content (AvgIpc) is 2.68. The van der Waals surface area contributed by atoms with Crippen molar-refractivity contribution in [1.82, 2.24) is 9.80 Å². The first-order valence-corrected chi connectivity index (χ1v) is 10.3. The van der Waals surface area contributed by atoms with Gasteiger partial charge in [-0.25, -0.2) is 0 Å². The molecule has 0 unspecified atom stereocenters. The van der Waals surface area contributed by atoms with Gasteiger partial charge in [-0.05, 0) is 76.0 Å². The molecule has 2 heterocycles. The molecule has 0 aromatic heterocycles. The zero-order valence-corrected chi connectivity index (χ0v) is 14.9. The number of carbonyl (C=O) groups excluding carboxylic acids is 2. The van der Waals surface area contributed by atoms with Crippen molar-refractivity contribution in [3.05, 3.63) is 0 Å². The van der Waals surface area contributed by atoms with Crippen LogP contribution in [0.5, 0.6) is 0 Å². The summed E-state index contributed by atoms with van der Waals surface area (Å²) in [6, 6.07) is 0. The number of fused-ring (bicyclic) bond motifs is 3. The summed E-state index contributed by atoms with van der Waals surface area (Å²) in [7, 11) is 0. The van der Waals surface area contributed by atoms with Crippen molar-refractivity contribution in [3.63, 3.8) is 0 Å². The zero-order valence-electron chi connectivity index (χ0n) is 14.9. The molecule has 134 valence electrons. The quantitative estimate of drug-likeness (QED) is 0.780. The van der Waals surface area contributed by atoms with E-state index in [0.29, 0.717) is 23.7 Å². The summed E-state index contributed by atoms with van der Waals surface area (Å²) in [6.45, 7) is 3.66. The largest absolute Gasteiger partial charge is 0.342 e. The maximum absolute atomic E-state index is 13.3. The van der Waals surface area contributed by atoms with Crippen LogP contribution in [0.1, 0.15) is 64.2 Å². The first-order chi connectivity index (χ1) is 11.8. The third-order valence-electron chi connectivity index (χ3n) is 7.12. The number of nitrogens with zero attached hydrogens (tertiary/aromatic N) is 2. The predicted molar refractivity (Wildman–Crippen MR) is 93.3 cm³/mol. The number of hydrogen-bond acceptors (Lipinski definition) is 2. The van der Waals surface area contributed by atoms with Gasteiger partial charge in [0.25, 0.3) is 0 Å². The Hall–Kier alpha value is -1.06.